The van der Waals surface area contributed by atoms with Crippen molar-refractivity contribution in [3.8, 4) is 0 Å². The molecule has 0 aliphatic carbocycles. The van der Waals surface area contributed by atoms with Crippen LogP contribution in [-0.2, 0) is 11.2 Å². The van der Waals surface area contributed by atoms with E-state index in [0.717, 1.165) is 11.3 Å². The number of aliphatic hydroxyl groups excluding tert-OH is 1. The minimum absolute atomic E-state index is 0.143. The number of ether oxygens (including phenoxy) is 1. The molecule has 0 saturated heterocycles. The van der Waals surface area contributed by atoms with E-state index in [4.69, 9.17) is 21.4 Å². The van der Waals surface area contributed by atoms with E-state index in [1.807, 2.05) is 0 Å². The number of hydrogen-bond acceptors (Lipinski definition) is 4. The Kier molecular flexibility index (Phi) is 5.08. The fourth-order valence-electron chi connectivity index (χ4n) is 1.13. The van der Waals surface area contributed by atoms with Gasteiger partial charge in [-0.15, -0.1) is 11.3 Å². The van der Waals surface area contributed by atoms with Gasteiger partial charge < -0.3 is 9.84 Å². The smallest absolute Gasteiger partial charge is 0.349 e. The van der Waals surface area contributed by atoms with Crippen molar-refractivity contribution >= 4 is 28.9 Å². The van der Waals surface area contributed by atoms with E-state index in [1.54, 1.807) is 13.0 Å². The number of carbonyl (C=O) groups excluding carboxylic acids is 1. The second-order valence-corrected chi connectivity index (χ2v) is 4.48. The zero-order chi connectivity index (χ0) is 11.3. The van der Waals surface area contributed by atoms with E-state index >= 15 is 0 Å². The Morgan fingerprint density at radius 2 is 2.40 bits per heavy atom. The SMILES string of the molecule is CCOC(=O)c1sc(CCCO)cc1Cl. The summed E-state index contributed by atoms with van der Waals surface area (Å²) in [5, 5.41) is 9.11. The molecule has 1 N–H and O–H groups in total. The Morgan fingerprint density at radius 1 is 1.67 bits per heavy atom. The number of esters is 1. The second-order valence-electron chi connectivity index (χ2n) is 2.94. The van der Waals surface area contributed by atoms with Crippen molar-refractivity contribution in [2.24, 2.45) is 0 Å². The van der Waals surface area contributed by atoms with Gasteiger partial charge in [0, 0.05) is 11.5 Å². The average molecular weight is 249 g/mol. The van der Waals surface area contributed by atoms with Crippen molar-refractivity contribution in [3.05, 3.63) is 20.8 Å². The number of thiophene rings is 1. The largest absolute Gasteiger partial charge is 0.462 e. The van der Waals surface area contributed by atoms with E-state index in [9.17, 15) is 4.79 Å². The van der Waals surface area contributed by atoms with Crippen LogP contribution in [0.5, 0.6) is 0 Å². The predicted molar refractivity (Wildman–Crippen MR) is 60.7 cm³/mol. The lowest BCUT2D eigenvalue weighted by molar-refractivity contribution is 0.0532. The van der Waals surface area contributed by atoms with Crippen LogP contribution in [0.1, 0.15) is 27.9 Å². The van der Waals surface area contributed by atoms with E-state index < -0.39 is 0 Å². The molecule has 15 heavy (non-hydrogen) atoms. The van der Waals surface area contributed by atoms with Crippen molar-refractivity contribution < 1.29 is 14.6 Å². The molecule has 0 amide bonds. The fourth-order valence-corrected chi connectivity index (χ4v) is 2.50. The highest BCUT2D eigenvalue weighted by molar-refractivity contribution is 7.14. The number of rotatable bonds is 5. The van der Waals surface area contributed by atoms with Gasteiger partial charge in [-0.1, -0.05) is 11.6 Å². The Bertz CT molecular complexity index is 335. The fraction of sp³-hybridized carbons (Fsp3) is 0.500. The van der Waals surface area contributed by atoms with Gasteiger partial charge in [-0.2, -0.15) is 0 Å². The monoisotopic (exact) mass is 248 g/mol. The molecule has 84 valence electrons. The number of aliphatic hydroxyl groups is 1. The molecular weight excluding hydrogens is 236 g/mol. The summed E-state index contributed by atoms with van der Waals surface area (Å²) in [7, 11) is 0. The van der Waals surface area contributed by atoms with Crippen LogP contribution in [0.15, 0.2) is 6.07 Å². The molecule has 0 bridgehead atoms. The van der Waals surface area contributed by atoms with Crippen molar-refractivity contribution in [1.29, 1.82) is 0 Å². The van der Waals surface area contributed by atoms with Gasteiger partial charge in [0.05, 0.1) is 11.6 Å². The van der Waals surface area contributed by atoms with Gasteiger partial charge in [0.25, 0.3) is 0 Å². The van der Waals surface area contributed by atoms with Crippen LogP contribution < -0.4 is 0 Å². The van der Waals surface area contributed by atoms with Crippen molar-refractivity contribution in [3.63, 3.8) is 0 Å². The molecule has 0 atom stereocenters. The first kappa shape index (κ1) is 12.5. The van der Waals surface area contributed by atoms with Crippen molar-refractivity contribution in [2.45, 2.75) is 19.8 Å². The molecule has 0 saturated carbocycles. The summed E-state index contributed by atoms with van der Waals surface area (Å²) in [6.45, 7) is 2.25. The van der Waals surface area contributed by atoms with Gasteiger partial charge in [0.1, 0.15) is 4.88 Å². The zero-order valence-corrected chi connectivity index (χ0v) is 10.0. The molecule has 0 spiro atoms. The van der Waals surface area contributed by atoms with E-state index in [1.165, 1.54) is 11.3 Å². The van der Waals surface area contributed by atoms with Crippen LogP contribution in [0.2, 0.25) is 5.02 Å². The average Bonchev–Trinajstić information content (AvgIpc) is 2.57. The highest BCUT2D eigenvalue weighted by atomic mass is 35.5. The quantitative estimate of drug-likeness (QED) is 0.815. The van der Waals surface area contributed by atoms with E-state index in [0.29, 0.717) is 22.9 Å². The first-order chi connectivity index (χ1) is 7.19. The Labute approximate surface area is 97.6 Å². The Hall–Kier alpha value is -0.580. The lowest BCUT2D eigenvalue weighted by Gasteiger charge is -1.98. The molecule has 1 heterocycles. The third-order valence-corrected chi connectivity index (χ3v) is 3.36. The van der Waals surface area contributed by atoms with Crippen LogP contribution in [0.3, 0.4) is 0 Å². The molecule has 3 nitrogen and oxygen atoms in total. The minimum atomic E-state index is -0.372. The summed E-state index contributed by atoms with van der Waals surface area (Å²) in [5.74, 6) is -0.372. The first-order valence-electron chi connectivity index (χ1n) is 4.75. The maximum Gasteiger partial charge on any atom is 0.349 e. The highest BCUT2D eigenvalue weighted by Crippen LogP contribution is 2.28. The third-order valence-electron chi connectivity index (χ3n) is 1.78. The van der Waals surface area contributed by atoms with Crippen LogP contribution in [0, 0.1) is 0 Å². The summed E-state index contributed by atoms with van der Waals surface area (Å²) in [5.41, 5.74) is 0. The summed E-state index contributed by atoms with van der Waals surface area (Å²) in [6.07, 6.45) is 1.42. The van der Waals surface area contributed by atoms with Gasteiger partial charge in [0.15, 0.2) is 0 Å². The third kappa shape index (κ3) is 3.48. The van der Waals surface area contributed by atoms with E-state index in [-0.39, 0.29) is 12.6 Å². The number of aryl methyl sites for hydroxylation is 1. The van der Waals surface area contributed by atoms with Crippen LogP contribution in [0.4, 0.5) is 0 Å². The van der Waals surface area contributed by atoms with Crippen LogP contribution in [0.25, 0.3) is 0 Å². The van der Waals surface area contributed by atoms with Crippen molar-refractivity contribution in [2.75, 3.05) is 13.2 Å². The number of hydrogen-bond donors (Lipinski definition) is 1. The lowest BCUT2D eigenvalue weighted by Crippen LogP contribution is -2.02. The summed E-state index contributed by atoms with van der Waals surface area (Å²) >= 11 is 7.23. The lowest BCUT2D eigenvalue weighted by atomic mass is 10.3. The zero-order valence-electron chi connectivity index (χ0n) is 8.46. The van der Waals surface area contributed by atoms with Gasteiger partial charge in [0.2, 0.25) is 0 Å². The predicted octanol–water partition coefficient (Wildman–Crippen LogP) is 2.50. The summed E-state index contributed by atoms with van der Waals surface area (Å²) in [4.78, 5) is 12.9. The molecule has 0 fully saturated rings. The summed E-state index contributed by atoms with van der Waals surface area (Å²) in [6, 6.07) is 1.76. The molecule has 0 radical (unpaired) electrons. The summed E-state index contributed by atoms with van der Waals surface area (Å²) < 4.78 is 4.86. The second kappa shape index (κ2) is 6.10. The molecular formula is C10H13ClO3S. The van der Waals surface area contributed by atoms with Crippen LogP contribution >= 0.6 is 22.9 Å². The van der Waals surface area contributed by atoms with Gasteiger partial charge in [-0.3, -0.25) is 0 Å². The highest BCUT2D eigenvalue weighted by Gasteiger charge is 2.15. The molecule has 1 rings (SSSR count). The molecule has 1 aromatic heterocycles. The minimum Gasteiger partial charge on any atom is -0.462 e. The van der Waals surface area contributed by atoms with Crippen LogP contribution in [-0.4, -0.2) is 24.3 Å². The molecule has 0 aliphatic rings. The maximum absolute atomic E-state index is 11.4. The van der Waals surface area contributed by atoms with Gasteiger partial charge in [-0.05, 0) is 25.8 Å². The Balaban J connectivity index is 2.72. The van der Waals surface area contributed by atoms with Crippen molar-refractivity contribution in [1.82, 2.24) is 0 Å². The molecule has 5 heteroatoms. The number of carbonyl (C=O) groups is 1. The molecule has 0 aliphatic heterocycles. The van der Waals surface area contributed by atoms with E-state index in [2.05, 4.69) is 0 Å². The van der Waals surface area contributed by atoms with Gasteiger partial charge >= 0.3 is 5.97 Å². The first-order valence-corrected chi connectivity index (χ1v) is 5.94. The molecule has 0 unspecified atom stereocenters. The normalized spacial score (nSPS) is 10.3. The topological polar surface area (TPSA) is 46.5 Å². The Morgan fingerprint density at radius 3 is 3.00 bits per heavy atom. The maximum atomic E-state index is 11.4. The van der Waals surface area contributed by atoms with Gasteiger partial charge in [-0.25, -0.2) is 4.79 Å². The standard InChI is InChI=1S/C10H13ClO3S/c1-2-14-10(13)9-8(11)6-7(15-9)4-3-5-12/h6,12H,2-5H2,1H3. The molecule has 1 aromatic rings. The molecule has 0 aromatic carbocycles. The number of halogens is 1.